The summed E-state index contributed by atoms with van der Waals surface area (Å²) in [7, 11) is 0. The van der Waals surface area contributed by atoms with Gasteiger partial charge < -0.3 is 10.1 Å². The van der Waals surface area contributed by atoms with E-state index in [0.717, 1.165) is 21.0 Å². The van der Waals surface area contributed by atoms with Crippen LogP contribution in [-0.2, 0) is 38.1 Å². The van der Waals surface area contributed by atoms with Crippen molar-refractivity contribution in [2.45, 2.75) is 58.4 Å². The highest BCUT2D eigenvalue weighted by Crippen LogP contribution is 2.32. The van der Waals surface area contributed by atoms with Gasteiger partial charge in [0, 0.05) is 34.4 Å². The number of nitrogens with one attached hydrogen (secondary N) is 2. The molecule has 36 heavy (non-hydrogen) atoms. The van der Waals surface area contributed by atoms with Crippen molar-refractivity contribution in [3.05, 3.63) is 67.8 Å². The average Bonchev–Trinajstić information content (AvgIpc) is 2.81. The van der Waals surface area contributed by atoms with E-state index in [1.807, 2.05) is 41.6 Å². The molecule has 9 heteroatoms. The highest BCUT2D eigenvalue weighted by molar-refractivity contribution is 14.1. The molecule has 2 atom stereocenters. The number of halogens is 3. The summed E-state index contributed by atoms with van der Waals surface area (Å²) in [6, 6.07) is 9.92. The van der Waals surface area contributed by atoms with Crippen molar-refractivity contribution in [2.24, 2.45) is 11.8 Å². The van der Waals surface area contributed by atoms with Crippen LogP contribution in [-0.4, -0.2) is 24.0 Å². The van der Waals surface area contributed by atoms with Gasteiger partial charge in [-0.15, -0.1) is 0 Å². The van der Waals surface area contributed by atoms with Gasteiger partial charge in [0.05, 0.1) is 0 Å². The summed E-state index contributed by atoms with van der Waals surface area (Å²) in [4.78, 5) is 47.4. The maximum absolute atomic E-state index is 14.8. The smallest absolute Gasteiger partial charge is 0.346 e. The second-order valence-corrected chi connectivity index (χ2v) is 10.5. The van der Waals surface area contributed by atoms with Crippen molar-refractivity contribution in [2.75, 3.05) is 0 Å². The van der Waals surface area contributed by atoms with Crippen molar-refractivity contribution in [3.8, 4) is 0 Å². The largest absolute Gasteiger partial charge is 0.350 e. The van der Waals surface area contributed by atoms with Crippen LogP contribution in [0.1, 0.15) is 53.5 Å². The van der Waals surface area contributed by atoms with Gasteiger partial charge in [0.1, 0.15) is 6.29 Å². The first-order valence-electron chi connectivity index (χ1n) is 11.8. The average molecular weight is 610 g/mol. The molecule has 0 spiro atoms. The van der Waals surface area contributed by atoms with Crippen molar-refractivity contribution < 1.29 is 28.0 Å². The molecule has 1 heterocycles. The number of piperidine rings is 1. The number of carbonyl (C=O) groups excluding carboxylic acids is 4. The summed E-state index contributed by atoms with van der Waals surface area (Å²) in [5.41, 5.74) is 2.63. The lowest BCUT2D eigenvalue weighted by Crippen LogP contribution is -2.43. The van der Waals surface area contributed by atoms with E-state index in [-0.39, 0.29) is 42.7 Å². The van der Waals surface area contributed by atoms with Gasteiger partial charge in [-0.3, -0.25) is 19.7 Å². The third-order valence-corrected chi connectivity index (χ3v) is 7.38. The molecule has 0 radical (unpaired) electrons. The molecule has 2 aromatic carbocycles. The van der Waals surface area contributed by atoms with Crippen molar-refractivity contribution in [1.82, 2.24) is 10.6 Å². The third-order valence-electron chi connectivity index (χ3n) is 6.71. The van der Waals surface area contributed by atoms with Crippen LogP contribution in [0.4, 0.5) is 8.78 Å². The van der Waals surface area contributed by atoms with E-state index in [0.29, 0.717) is 30.4 Å². The van der Waals surface area contributed by atoms with Crippen molar-refractivity contribution >= 4 is 46.6 Å². The Labute approximate surface area is 222 Å². The van der Waals surface area contributed by atoms with Gasteiger partial charge in [-0.05, 0) is 96.0 Å². The molecule has 3 rings (SSSR count). The highest BCUT2D eigenvalue weighted by Gasteiger charge is 2.41. The van der Waals surface area contributed by atoms with E-state index in [9.17, 15) is 28.0 Å². The van der Waals surface area contributed by atoms with Gasteiger partial charge in [-0.1, -0.05) is 24.3 Å². The van der Waals surface area contributed by atoms with E-state index in [1.54, 1.807) is 25.1 Å². The second-order valence-electron chi connectivity index (χ2n) is 9.24. The number of imide groups is 1. The first kappa shape index (κ1) is 27.9. The van der Waals surface area contributed by atoms with Gasteiger partial charge in [-0.25, -0.2) is 0 Å². The molecular weight excluding hydrogens is 581 g/mol. The molecule has 0 aromatic heterocycles. The Hall–Kier alpha value is -2.69. The fourth-order valence-corrected chi connectivity index (χ4v) is 5.25. The lowest BCUT2D eigenvalue weighted by molar-refractivity contribution is -0.147. The lowest BCUT2D eigenvalue weighted by Gasteiger charge is -2.28. The molecule has 6 nitrogen and oxygen atoms in total. The summed E-state index contributed by atoms with van der Waals surface area (Å²) >= 11 is 2.03. The molecule has 1 aliphatic heterocycles. The zero-order valence-corrected chi connectivity index (χ0v) is 22.4. The van der Waals surface area contributed by atoms with E-state index in [1.165, 1.54) is 6.07 Å². The standard InChI is InChI=1S/C27H29F2IN2O4/c1-16-3-4-18(15-31-26(36)27(28,29)23-9-7-21(30)13-17(23)2)14-20(16)6-5-19(11-12-33)22-8-10-24(34)32-25(22)35/h3-4,7,9,12-14,19,22H,5-6,8,10-11,15H2,1-2H3,(H,31,36)(H,32,34,35). The lowest BCUT2D eigenvalue weighted by atomic mass is 9.80. The number of carbonyl (C=O) groups is 4. The Morgan fingerprint density at radius 3 is 2.61 bits per heavy atom. The van der Waals surface area contributed by atoms with Gasteiger partial charge in [0.2, 0.25) is 11.8 Å². The third kappa shape index (κ3) is 6.74. The number of aldehydes is 1. The van der Waals surface area contributed by atoms with Crippen LogP contribution in [0.25, 0.3) is 0 Å². The van der Waals surface area contributed by atoms with Crippen LogP contribution in [0, 0.1) is 29.3 Å². The van der Waals surface area contributed by atoms with Gasteiger partial charge in [-0.2, -0.15) is 8.78 Å². The number of amides is 3. The summed E-state index contributed by atoms with van der Waals surface area (Å²) < 4.78 is 30.4. The Morgan fingerprint density at radius 1 is 1.19 bits per heavy atom. The highest BCUT2D eigenvalue weighted by atomic mass is 127. The molecule has 0 bridgehead atoms. The fraction of sp³-hybridized carbons (Fsp3) is 0.407. The molecule has 1 fully saturated rings. The minimum Gasteiger partial charge on any atom is -0.346 e. The molecule has 3 amide bonds. The first-order chi connectivity index (χ1) is 17.0. The summed E-state index contributed by atoms with van der Waals surface area (Å²) in [5.74, 6) is -6.26. The normalized spacial score (nSPS) is 16.9. The van der Waals surface area contributed by atoms with Crippen LogP contribution in [0.5, 0.6) is 0 Å². The molecule has 2 N–H and O–H groups in total. The van der Waals surface area contributed by atoms with Gasteiger partial charge in [0.15, 0.2) is 0 Å². The monoisotopic (exact) mass is 610 g/mol. The zero-order valence-electron chi connectivity index (χ0n) is 20.2. The fourth-order valence-electron chi connectivity index (χ4n) is 4.61. The van der Waals surface area contributed by atoms with E-state index >= 15 is 0 Å². The maximum Gasteiger partial charge on any atom is 0.350 e. The molecule has 1 saturated heterocycles. The Bertz CT molecular complexity index is 1170. The van der Waals surface area contributed by atoms with Gasteiger partial charge in [0.25, 0.3) is 5.91 Å². The van der Waals surface area contributed by atoms with Crippen molar-refractivity contribution in [3.63, 3.8) is 0 Å². The second kappa shape index (κ2) is 12.0. The minimum atomic E-state index is -3.66. The predicted octanol–water partition coefficient (Wildman–Crippen LogP) is 4.51. The summed E-state index contributed by atoms with van der Waals surface area (Å²) in [6.45, 7) is 3.42. The molecule has 192 valence electrons. The van der Waals surface area contributed by atoms with E-state index in [2.05, 4.69) is 10.6 Å². The number of hydrogen-bond acceptors (Lipinski definition) is 4. The zero-order chi connectivity index (χ0) is 26.5. The number of hydrogen-bond donors (Lipinski definition) is 2. The quantitative estimate of drug-likeness (QED) is 0.236. The Kier molecular flexibility index (Phi) is 9.32. The number of alkyl halides is 2. The predicted molar refractivity (Wildman–Crippen MR) is 139 cm³/mol. The van der Waals surface area contributed by atoms with E-state index in [4.69, 9.17) is 0 Å². The molecule has 2 unspecified atom stereocenters. The summed E-state index contributed by atoms with van der Waals surface area (Å²) in [5, 5.41) is 4.70. The SMILES string of the molecule is Cc1ccc(CNC(=O)C(F)(F)c2ccc(I)cc2C)cc1CCC(CC=O)C1CCC(=O)NC1=O. The molecule has 0 saturated carbocycles. The van der Waals surface area contributed by atoms with E-state index < -0.39 is 17.7 Å². The molecular formula is C27H29F2IN2O4. The number of benzene rings is 2. The van der Waals surface area contributed by atoms with Crippen molar-refractivity contribution in [1.29, 1.82) is 0 Å². The topological polar surface area (TPSA) is 92.3 Å². The number of aryl methyl sites for hydroxylation is 3. The van der Waals surface area contributed by atoms with Crippen LogP contribution in [0.3, 0.4) is 0 Å². The molecule has 2 aromatic rings. The van der Waals surface area contributed by atoms with Crippen LogP contribution < -0.4 is 10.6 Å². The van der Waals surface area contributed by atoms with Crippen LogP contribution >= 0.6 is 22.6 Å². The van der Waals surface area contributed by atoms with Gasteiger partial charge >= 0.3 is 5.92 Å². The Morgan fingerprint density at radius 2 is 1.94 bits per heavy atom. The van der Waals surface area contributed by atoms with Crippen LogP contribution in [0.2, 0.25) is 0 Å². The maximum atomic E-state index is 14.8. The molecule has 1 aliphatic rings. The minimum absolute atomic E-state index is 0.0595. The molecule has 0 aliphatic carbocycles. The Balaban J connectivity index is 1.66. The van der Waals surface area contributed by atoms with Crippen LogP contribution in [0.15, 0.2) is 36.4 Å². The number of rotatable bonds is 10. The summed E-state index contributed by atoms with van der Waals surface area (Å²) in [6.07, 6.45) is 2.82. The first-order valence-corrected chi connectivity index (χ1v) is 12.9.